The molecular weight excluding hydrogens is 319 g/mol. The van der Waals surface area contributed by atoms with Crippen LogP contribution in [0.1, 0.15) is 24.0 Å². The molecule has 132 valence electrons. The van der Waals surface area contributed by atoms with Crippen LogP contribution in [0.4, 0.5) is 10.1 Å². The molecule has 0 atom stereocenters. The van der Waals surface area contributed by atoms with Crippen molar-refractivity contribution in [2.45, 2.75) is 26.0 Å². The van der Waals surface area contributed by atoms with Crippen molar-refractivity contribution >= 4 is 11.6 Å². The highest BCUT2D eigenvalue weighted by Gasteiger charge is 2.25. The summed E-state index contributed by atoms with van der Waals surface area (Å²) in [5, 5.41) is 12.0. The summed E-state index contributed by atoms with van der Waals surface area (Å²) < 4.78 is 12.9. The van der Waals surface area contributed by atoms with Crippen LogP contribution in [0, 0.1) is 11.7 Å². The second kappa shape index (κ2) is 8.23. The van der Waals surface area contributed by atoms with E-state index in [0.29, 0.717) is 5.69 Å². The van der Waals surface area contributed by atoms with Crippen LogP contribution in [0.2, 0.25) is 0 Å². The molecule has 2 aromatic rings. The second-order valence-corrected chi connectivity index (χ2v) is 6.52. The van der Waals surface area contributed by atoms with Crippen molar-refractivity contribution in [1.82, 2.24) is 4.90 Å². The molecule has 4 nitrogen and oxygen atoms in total. The maximum atomic E-state index is 12.9. The third kappa shape index (κ3) is 4.87. The van der Waals surface area contributed by atoms with Gasteiger partial charge in [0.05, 0.1) is 6.61 Å². The van der Waals surface area contributed by atoms with Crippen molar-refractivity contribution < 1.29 is 14.3 Å². The molecule has 1 fully saturated rings. The summed E-state index contributed by atoms with van der Waals surface area (Å²) in [6.45, 7) is 2.68. The molecule has 0 bridgehead atoms. The zero-order valence-electron chi connectivity index (χ0n) is 14.1. The lowest BCUT2D eigenvalue weighted by Gasteiger charge is -2.31. The molecule has 2 aromatic carbocycles. The Balaban J connectivity index is 1.47. The Morgan fingerprint density at radius 2 is 1.64 bits per heavy atom. The molecule has 1 aliphatic heterocycles. The third-order valence-corrected chi connectivity index (χ3v) is 4.68. The Morgan fingerprint density at radius 1 is 1.04 bits per heavy atom. The number of halogens is 1. The van der Waals surface area contributed by atoms with Gasteiger partial charge in [0.15, 0.2) is 0 Å². The van der Waals surface area contributed by atoms with Crippen molar-refractivity contribution in [3.8, 4) is 0 Å². The van der Waals surface area contributed by atoms with E-state index < -0.39 is 0 Å². The lowest BCUT2D eigenvalue weighted by molar-refractivity contribution is -0.121. The van der Waals surface area contributed by atoms with Gasteiger partial charge in [-0.15, -0.1) is 0 Å². The Hall–Kier alpha value is -2.24. The molecule has 1 saturated heterocycles. The van der Waals surface area contributed by atoms with Gasteiger partial charge in [0.1, 0.15) is 5.82 Å². The first-order chi connectivity index (χ1) is 12.1. The normalized spacial score (nSPS) is 15.9. The van der Waals surface area contributed by atoms with Crippen LogP contribution in [0.5, 0.6) is 0 Å². The average Bonchev–Trinajstić information content (AvgIpc) is 2.65. The first kappa shape index (κ1) is 17.6. The number of amides is 1. The van der Waals surface area contributed by atoms with Gasteiger partial charge in [-0.05, 0) is 61.3 Å². The molecule has 0 aliphatic carbocycles. The minimum absolute atomic E-state index is 0.00179. The Kier molecular flexibility index (Phi) is 5.79. The van der Waals surface area contributed by atoms with Crippen molar-refractivity contribution in [1.29, 1.82) is 0 Å². The number of anilines is 1. The van der Waals surface area contributed by atoms with Gasteiger partial charge in [-0.3, -0.25) is 9.69 Å². The highest BCUT2D eigenvalue weighted by atomic mass is 19.1. The standard InChI is InChI=1S/C20H23FN2O2/c21-18-5-7-19(8-6-18)22-20(25)17-9-11-23(12-10-17)13-15-1-3-16(14-24)4-2-15/h1-8,17,24H,9-14H2,(H,22,25). The lowest BCUT2D eigenvalue weighted by Crippen LogP contribution is -2.37. The van der Waals surface area contributed by atoms with Gasteiger partial charge in [-0.25, -0.2) is 4.39 Å². The first-order valence-electron chi connectivity index (χ1n) is 8.61. The fraction of sp³-hybridized carbons (Fsp3) is 0.350. The second-order valence-electron chi connectivity index (χ2n) is 6.52. The number of carbonyl (C=O) groups is 1. The van der Waals surface area contributed by atoms with Gasteiger partial charge in [-0.2, -0.15) is 0 Å². The molecular formula is C20H23FN2O2. The highest BCUT2D eigenvalue weighted by molar-refractivity contribution is 5.92. The minimum atomic E-state index is -0.307. The molecule has 0 radical (unpaired) electrons. The van der Waals surface area contributed by atoms with E-state index in [2.05, 4.69) is 10.2 Å². The number of hydrogen-bond acceptors (Lipinski definition) is 3. The predicted molar refractivity (Wildman–Crippen MR) is 95.4 cm³/mol. The Morgan fingerprint density at radius 3 is 2.24 bits per heavy atom. The summed E-state index contributed by atoms with van der Waals surface area (Å²) >= 11 is 0. The van der Waals surface area contributed by atoms with Crippen molar-refractivity contribution in [2.24, 2.45) is 5.92 Å². The molecule has 25 heavy (non-hydrogen) atoms. The number of nitrogens with zero attached hydrogens (tertiary/aromatic N) is 1. The Bertz CT molecular complexity index is 693. The van der Waals surface area contributed by atoms with E-state index in [0.717, 1.165) is 38.0 Å². The van der Waals surface area contributed by atoms with E-state index in [1.54, 1.807) is 12.1 Å². The van der Waals surface area contributed by atoms with E-state index in [4.69, 9.17) is 5.11 Å². The third-order valence-electron chi connectivity index (χ3n) is 4.68. The summed E-state index contributed by atoms with van der Waals surface area (Å²) in [4.78, 5) is 14.7. The molecule has 0 aromatic heterocycles. The topological polar surface area (TPSA) is 52.6 Å². The van der Waals surface area contributed by atoms with Gasteiger partial charge in [0, 0.05) is 18.2 Å². The monoisotopic (exact) mass is 342 g/mol. The van der Waals surface area contributed by atoms with Gasteiger partial charge in [-0.1, -0.05) is 24.3 Å². The number of piperidine rings is 1. The Labute approximate surface area is 147 Å². The number of aliphatic hydroxyl groups is 1. The number of hydrogen-bond donors (Lipinski definition) is 2. The zero-order chi connectivity index (χ0) is 17.6. The van der Waals surface area contributed by atoms with Crippen LogP contribution in [0.3, 0.4) is 0 Å². The van der Waals surface area contributed by atoms with Crippen LogP contribution < -0.4 is 5.32 Å². The zero-order valence-corrected chi connectivity index (χ0v) is 14.1. The molecule has 1 amide bonds. The van der Waals surface area contributed by atoms with Gasteiger partial charge in [0.25, 0.3) is 0 Å². The number of aliphatic hydroxyl groups excluding tert-OH is 1. The maximum Gasteiger partial charge on any atom is 0.227 e. The van der Waals surface area contributed by atoms with Crippen LogP contribution in [-0.2, 0) is 17.9 Å². The molecule has 0 saturated carbocycles. The summed E-state index contributed by atoms with van der Waals surface area (Å²) in [7, 11) is 0. The van der Waals surface area contributed by atoms with E-state index in [-0.39, 0.29) is 24.2 Å². The number of benzene rings is 2. The molecule has 0 unspecified atom stereocenters. The van der Waals surface area contributed by atoms with E-state index in [1.807, 2.05) is 24.3 Å². The smallest absolute Gasteiger partial charge is 0.227 e. The quantitative estimate of drug-likeness (QED) is 0.877. The van der Waals surface area contributed by atoms with Crippen LogP contribution in [-0.4, -0.2) is 29.0 Å². The summed E-state index contributed by atoms with van der Waals surface area (Å²) in [5.74, 6) is -0.296. The average molecular weight is 342 g/mol. The first-order valence-corrected chi connectivity index (χ1v) is 8.61. The van der Waals surface area contributed by atoms with Crippen LogP contribution in [0.25, 0.3) is 0 Å². The van der Waals surface area contributed by atoms with Crippen molar-refractivity contribution in [3.63, 3.8) is 0 Å². The van der Waals surface area contributed by atoms with Crippen LogP contribution >= 0.6 is 0 Å². The largest absolute Gasteiger partial charge is 0.392 e. The lowest BCUT2D eigenvalue weighted by atomic mass is 9.95. The van der Waals surface area contributed by atoms with E-state index in [1.165, 1.54) is 17.7 Å². The highest BCUT2D eigenvalue weighted by Crippen LogP contribution is 2.21. The van der Waals surface area contributed by atoms with Gasteiger partial charge in [0.2, 0.25) is 5.91 Å². The SMILES string of the molecule is O=C(Nc1ccc(F)cc1)C1CCN(Cc2ccc(CO)cc2)CC1. The number of carbonyl (C=O) groups excluding carboxylic acids is 1. The molecule has 1 heterocycles. The number of likely N-dealkylation sites (tertiary alicyclic amines) is 1. The van der Waals surface area contributed by atoms with E-state index >= 15 is 0 Å². The fourth-order valence-electron chi connectivity index (χ4n) is 3.14. The molecule has 5 heteroatoms. The van der Waals surface area contributed by atoms with Crippen molar-refractivity contribution in [3.05, 3.63) is 65.5 Å². The fourth-order valence-corrected chi connectivity index (χ4v) is 3.14. The summed E-state index contributed by atoms with van der Waals surface area (Å²) in [5.41, 5.74) is 2.77. The van der Waals surface area contributed by atoms with Gasteiger partial charge < -0.3 is 10.4 Å². The number of nitrogens with one attached hydrogen (secondary N) is 1. The molecule has 0 spiro atoms. The molecule has 3 rings (SSSR count). The predicted octanol–water partition coefficient (Wildman–Crippen LogP) is 3.17. The summed E-state index contributed by atoms with van der Waals surface area (Å²) in [6, 6.07) is 13.8. The van der Waals surface area contributed by atoms with Gasteiger partial charge >= 0.3 is 0 Å². The van der Waals surface area contributed by atoms with Crippen LogP contribution in [0.15, 0.2) is 48.5 Å². The summed E-state index contributed by atoms with van der Waals surface area (Å²) in [6.07, 6.45) is 1.64. The molecule has 2 N–H and O–H groups in total. The van der Waals surface area contributed by atoms with Crippen molar-refractivity contribution in [2.75, 3.05) is 18.4 Å². The minimum Gasteiger partial charge on any atom is -0.392 e. The number of rotatable bonds is 5. The van der Waals surface area contributed by atoms with E-state index in [9.17, 15) is 9.18 Å². The molecule has 1 aliphatic rings. The maximum absolute atomic E-state index is 12.9.